The van der Waals surface area contributed by atoms with Gasteiger partial charge in [-0.15, -0.1) is 0 Å². The first-order chi connectivity index (χ1) is 9.18. The molecule has 0 aliphatic rings. The molecule has 4 heteroatoms. The maximum absolute atomic E-state index is 4.11. The van der Waals surface area contributed by atoms with E-state index in [-0.39, 0.29) is 0 Å². The average molecular weight is 254 g/mol. The predicted molar refractivity (Wildman–Crippen MR) is 79.3 cm³/mol. The molecule has 3 aromatic rings. The molecular weight excluding hydrogens is 236 g/mol. The van der Waals surface area contributed by atoms with E-state index in [2.05, 4.69) is 22.2 Å². The van der Waals surface area contributed by atoms with Crippen LogP contribution in [0.1, 0.15) is 0 Å². The Morgan fingerprint density at radius 1 is 1.00 bits per heavy atom. The van der Waals surface area contributed by atoms with Gasteiger partial charge in [0.2, 0.25) is 0 Å². The van der Waals surface area contributed by atoms with Gasteiger partial charge in [-0.3, -0.25) is 4.68 Å². The molecule has 0 N–H and O–H groups in total. The van der Waals surface area contributed by atoms with Crippen LogP contribution in [0.5, 0.6) is 0 Å². The highest BCUT2D eigenvalue weighted by atomic mass is 15.2. The molecule has 0 saturated heterocycles. The van der Waals surface area contributed by atoms with Crippen LogP contribution in [-0.4, -0.2) is 28.9 Å². The summed E-state index contributed by atoms with van der Waals surface area (Å²) >= 11 is 0. The van der Waals surface area contributed by atoms with E-state index in [0.29, 0.717) is 0 Å². The normalized spacial score (nSPS) is 9.84. The van der Waals surface area contributed by atoms with Crippen molar-refractivity contribution in [2.24, 2.45) is 7.05 Å². The SMILES string of the molecule is CN(C)c1ccccn1.Cn1ncc2ccccc21. The number of para-hydroxylation sites is 1. The van der Waals surface area contributed by atoms with Crippen molar-refractivity contribution in [2.75, 3.05) is 19.0 Å². The summed E-state index contributed by atoms with van der Waals surface area (Å²) in [6, 6.07) is 14.0. The van der Waals surface area contributed by atoms with E-state index in [1.165, 1.54) is 10.9 Å². The number of pyridine rings is 1. The number of aromatic nitrogens is 3. The van der Waals surface area contributed by atoms with E-state index in [4.69, 9.17) is 0 Å². The van der Waals surface area contributed by atoms with E-state index in [0.717, 1.165) is 5.82 Å². The average Bonchev–Trinajstić information content (AvgIpc) is 2.83. The monoisotopic (exact) mass is 254 g/mol. The Morgan fingerprint density at radius 3 is 2.32 bits per heavy atom. The van der Waals surface area contributed by atoms with Crippen molar-refractivity contribution in [1.29, 1.82) is 0 Å². The van der Waals surface area contributed by atoms with Gasteiger partial charge in [0, 0.05) is 32.7 Å². The van der Waals surface area contributed by atoms with Crippen LogP contribution < -0.4 is 4.90 Å². The molecule has 0 saturated carbocycles. The molecule has 4 nitrogen and oxygen atoms in total. The minimum atomic E-state index is 0.998. The van der Waals surface area contributed by atoms with Crippen molar-refractivity contribution in [2.45, 2.75) is 0 Å². The summed E-state index contributed by atoms with van der Waals surface area (Å²) in [6.45, 7) is 0. The summed E-state index contributed by atoms with van der Waals surface area (Å²) in [5.74, 6) is 0.998. The zero-order valence-electron chi connectivity index (χ0n) is 11.5. The lowest BCUT2D eigenvalue weighted by molar-refractivity contribution is 0.797. The van der Waals surface area contributed by atoms with Crippen molar-refractivity contribution in [3.63, 3.8) is 0 Å². The van der Waals surface area contributed by atoms with Gasteiger partial charge in [-0.05, 0) is 18.2 Å². The molecular formula is C15H18N4. The van der Waals surface area contributed by atoms with Crippen molar-refractivity contribution in [3.8, 4) is 0 Å². The Kier molecular flexibility index (Phi) is 4.13. The van der Waals surface area contributed by atoms with Crippen LogP contribution in [0.2, 0.25) is 0 Å². The molecule has 0 aliphatic heterocycles. The Balaban J connectivity index is 0.000000141. The van der Waals surface area contributed by atoms with Gasteiger partial charge in [-0.25, -0.2) is 4.98 Å². The standard InChI is InChI=1S/C8H8N2.C7H10N2/c1-10-8-5-3-2-4-7(8)6-9-10;1-9(2)7-5-3-4-6-8-7/h2-6H,1H3;3-6H,1-2H3. The van der Waals surface area contributed by atoms with Crippen molar-refractivity contribution in [3.05, 3.63) is 54.9 Å². The van der Waals surface area contributed by atoms with Crippen LogP contribution in [0.25, 0.3) is 10.9 Å². The second-order valence-electron chi connectivity index (χ2n) is 4.41. The van der Waals surface area contributed by atoms with Gasteiger partial charge >= 0.3 is 0 Å². The fourth-order valence-electron chi connectivity index (χ4n) is 1.72. The first-order valence-corrected chi connectivity index (χ1v) is 6.13. The number of hydrogen-bond donors (Lipinski definition) is 0. The van der Waals surface area contributed by atoms with Crippen LogP contribution >= 0.6 is 0 Å². The van der Waals surface area contributed by atoms with Crippen molar-refractivity contribution in [1.82, 2.24) is 14.8 Å². The smallest absolute Gasteiger partial charge is 0.127 e. The quantitative estimate of drug-likeness (QED) is 0.669. The van der Waals surface area contributed by atoms with Crippen LogP contribution in [0.15, 0.2) is 54.9 Å². The Labute approximate surface area is 113 Å². The molecule has 0 unspecified atom stereocenters. The van der Waals surface area contributed by atoms with Gasteiger partial charge in [-0.2, -0.15) is 5.10 Å². The molecule has 0 bridgehead atoms. The molecule has 0 fully saturated rings. The Hall–Kier alpha value is -2.36. The summed E-state index contributed by atoms with van der Waals surface area (Å²) in [6.07, 6.45) is 3.66. The maximum Gasteiger partial charge on any atom is 0.127 e. The maximum atomic E-state index is 4.11. The molecule has 1 aromatic carbocycles. The number of benzene rings is 1. The minimum absolute atomic E-state index is 0.998. The third-order valence-electron chi connectivity index (χ3n) is 2.76. The third-order valence-corrected chi connectivity index (χ3v) is 2.76. The summed E-state index contributed by atoms with van der Waals surface area (Å²) in [7, 11) is 5.90. The lowest BCUT2D eigenvalue weighted by Crippen LogP contribution is -2.09. The molecule has 2 aromatic heterocycles. The highest BCUT2D eigenvalue weighted by molar-refractivity contribution is 5.78. The summed E-state index contributed by atoms with van der Waals surface area (Å²) in [4.78, 5) is 6.08. The first-order valence-electron chi connectivity index (χ1n) is 6.13. The molecule has 0 spiro atoms. The molecule has 0 amide bonds. The Morgan fingerprint density at radius 2 is 1.74 bits per heavy atom. The number of hydrogen-bond acceptors (Lipinski definition) is 3. The zero-order chi connectivity index (χ0) is 13.7. The number of anilines is 1. The first kappa shape index (κ1) is 13.1. The van der Waals surface area contributed by atoms with E-state index in [9.17, 15) is 0 Å². The largest absolute Gasteiger partial charge is 0.363 e. The molecule has 19 heavy (non-hydrogen) atoms. The second-order valence-corrected chi connectivity index (χ2v) is 4.41. The number of fused-ring (bicyclic) bond motifs is 1. The van der Waals surface area contributed by atoms with E-state index >= 15 is 0 Å². The lowest BCUT2D eigenvalue weighted by atomic mass is 10.3. The summed E-state index contributed by atoms with van der Waals surface area (Å²) in [5.41, 5.74) is 1.18. The third kappa shape index (κ3) is 3.31. The highest BCUT2D eigenvalue weighted by Crippen LogP contribution is 2.10. The van der Waals surface area contributed by atoms with E-state index in [1.54, 1.807) is 6.20 Å². The van der Waals surface area contributed by atoms with Gasteiger partial charge in [0.1, 0.15) is 5.82 Å². The fraction of sp³-hybridized carbons (Fsp3) is 0.200. The number of nitrogens with zero attached hydrogens (tertiary/aromatic N) is 4. The predicted octanol–water partition coefficient (Wildman–Crippen LogP) is 2.72. The molecule has 0 aliphatic carbocycles. The van der Waals surface area contributed by atoms with Crippen LogP contribution in [-0.2, 0) is 7.05 Å². The Bertz CT molecular complexity index is 629. The molecule has 2 heterocycles. The molecule has 0 atom stereocenters. The topological polar surface area (TPSA) is 34.0 Å². The van der Waals surface area contributed by atoms with Gasteiger partial charge in [-0.1, -0.05) is 24.3 Å². The summed E-state index contributed by atoms with van der Waals surface area (Å²) in [5, 5.41) is 5.31. The molecule has 3 rings (SSSR count). The van der Waals surface area contributed by atoms with Crippen molar-refractivity contribution >= 4 is 16.7 Å². The highest BCUT2D eigenvalue weighted by Gasteiger charge is 1.93. The van der Waals surface area contributed by atoms with Gasteiger partial charge in [0.25, 0.3) is 0 Å². The second kappa shape index (κ2) is 6.00. The fourth-order valence-corrected chi connectivity index (χ4v) is 1.72. The minimum Gasteiger partial charge on any atom is -0.363 e. The van der Waals surface area contributed by atoms with Gasteiger partial charge in [0.15, 0.2) is 0 Å². The molecule has 98 valence electrons. The number of rotatable bonds is 1. The van der Waals surface area contributed by atoms with E-state index < -0.39 is 0 Å². The number of aryl methyl sites for hydroxylation is 1. The van der Waals surface area contributed by atoms with Crippen molar-refractivity contribution < 1.29 is 0 Å². The van der Waals surface area contributed by atoms with Gasteiger partial charge in [0.05, 0.1) is 11.7 Å². The lowest BCUT2D eigenvalue weighted by Gasteiger charge is -2.08. The van der Waals surface area contributed by atoms with Crippen LogP contribution in [0.4, 0.5) is 5.82 Å². The summed E-state index contributed by atoms with van der Waals surface area (Å²) < 4.78 is 1.87. The van der Waals surface area contributed by atoms with Crippen LogP contribution in [0.3, 0.4) is 0 Å². The van der Waals surface area contributed by atoms with Gasteiger partial charge < -0.3 is 4.90 Å². The van der Waals surface area contributed by atoms with Crippen LogP contribution in [0, 0.1) is 0 Å². The molecule has 0 radical (unpaired) electrons. The van der Waals surface area contributed by atoms with E-state index in [1.807, 2.05) is 67.3 Å². The zero-order valence-corrected chi connectivity index (χ0v) is 11.5.